The minimum Gasteiger partial charge on any atom is -0.493 e. The van der Waals surface area contributed by atoms with Crippen LogP contribution < -0.4 is 10.5 Å². The van der Waals surface area contributed by atoms with Crippen LogP contribution in [-0.4, -0.2) is 32.4 Å². The van der Waals surface area contributed by atoms with E-state index in [2.05, 4.69) is 15.2 Å². The number of fused-ring (bicyclic) bond motifs is 1. The lowest BCUT2D eigenvalue weighted by Crippen LogP contribution is -2.15. The molecule has 0 amide bonds. The lowest BCUT2D eigenvalue weighted by atomic mass is 10.1. The van der Waals surface area contributed by atoms with Gasteiger partial charge in [0.2, 0.25) is 11.7 Å². The molecule has 0 saturated carbocycles. The average molecular weight is 294 g/mol. The van der Waals surface area contributed by atoms with E-state index in [-0.39, 0.29) is 11.7 Å². The summed E-state index contributed by atoms with van der Waals surface area (Å²) < 4.78 is 7.21. The molecule has 0 aliphatic carbocycles. The van der Waals surface area contributed by atoms with Gasteiger partial charge in [-0.3, -0.25) is 0 Å². The van der Waals surface area contributed by atoms with Crippen LogP contribution in [0.2, 0.25) is 5.02 Å². The van der Waals surface area contributed by atoms with Crippen LogP contribution in [0.1, 0.15) is 17.0 Å². The Labute approximate surface area is 119 Å². The topological polar surface area (TPSA) is 98.6 Å². The molecule has 1 aliphatic rings. The van der Waals surface area contributed by atoms with Gasteiger partial charge in [0.25, 0.3) is 0 Å². The maximum atomic E-state index is 8.59. The summed E-state index contributed by atoms with van der Waals surface area (Å²) in [4.78, 5) is 3.96. The number of rotatable bonds is 3. The van der Waals surface area contributed by atoms with Gasteiger partial charge in [0.1, 0.15) is 12.1 Å². The molecule has 0 bridgehead atoms. The molecule has 2 heterocycles. The Morgan fingerprint density at radius 3 is 3.20 bits per heavy atom. The fourth-order valence-electron chi connectivity index (χ4n) is 2.17. The van der Waals surface area contributed by atoms with Gasteiger partial charge < -0.3 is 15.7 Å². The van der Waals surface area contributed by atoms with E-state index in [9.17, 15) is 0 Å². The van der Waals surface area contributed by atoms with Gasteiger partial charge in [-0.2, -0.15) is 0 Å². The van der Waals surface area contributed by atoms with Gasteiger partial charge in [-0.05, 0) is 17.7 Å². The van der Waals surface area contributed by atoms with E-state index in [0.29, 0.717) is 18.2 Å². The van der Waals surface area contributed by atoms with Gasteiger partial charge in [-0.1, -0.05) is 16.8 Å². The highest BCUT2D eigenvalue weighted by molar-refractivity contribution is 6.30. The number of hydrogen-bond acceptors (Lipinski definition) is 5. The Morgan fingerprint density at radius 1 is 1.55 bits per heavy atom. The molecule has 104 valence electrons. The average Bonchev–Trinajstić information content (AvgIpc) is 3.06. The molecular formula is C12H12ClN5O2. The Kier molecular flexibility index (Phi) is 3.19. The van der Waals surface area contributed by atoms with Crippen LogP contribution >= 0.6 is 11.6 Å². The number of oxime groups is 1. The van der Waals surface area contributed by atoms with Crippen molar-refractivity contribution in [1.29, 1.82) is 0 Å². The van der Waals surface area contributed by atoms with Gasteiger partial charge in [-0.15, -0.1) is 5.10 Å². The molecule has 0 fully saturated rings. The molecule has 2 aromatic rings. The minimum absolute atomic E-state index is 0.128. The predicted molar refractivity (Wildman–Crippen MR) is 72.3 cm³/mol. The lowest BCUT2D eigenvalue weighted by molar-refractivity contribution is 0.318. The van der Waals surface area contributed by atoms with Gasteiger partial charge in [0.15, 0.2) is 0 Å². The SMILES string of the molecule is N/C(=N/O)c1ncn(Cc2cc(Cl)cc3c2OCC3)n1. The highest BCUT2D eigenvalue weighted by Crippen LogP contribution is 2.33. The van der Waals surface area contributed by atoms with Crippen LogP contribution in [-0.2, 0) is 13.0 Å². The van der Waals surface area contributed by atoms with Crippen LogP contribution in [0.4, 0.5) is 0 Å². The first-order valence-electron chi connectivity index (χ1n) is 5.99. The van der Waals surface area contributed by atoms with Crippen LogP contribution in [0.25, 0.3) is 0 Å². The van der Waals surface area contributed by atoms with Gasteiger partial charge in [-0.25, -0.2) is 9.67 Å². The number of ether oxygens (including phenoxy) is 1. The van der Waals surface area contributed by atoms with Gasteiger partial charge in [0.05, 0.1) is 13.2 Å². The molecular weight excluding hydrogens is 282 g/mol. The third-order valence-corrected chi connectivity index (χ3v) is 3.25. The quantitative estimate of drug-likeness (QED) is 0.381. The van der Waals surface area contributed by atoms with Gasteiger partial charge >= 0.3 is 0 Å². The standard InChI is InChI=1S/C12H12ClN5O2/c13-9-3-7-1-2-20-10(7)8(4-9)5-18-6-15-12(16-18)11(14)17-19/h3-4,6,19H,1-2,5H2,(H2,14,17). The number of amidine groups is 1. The van der Waals surface area contributed by atoms with Crippen molar-refractivity contribution in [2.75, 3.05) is 6.61 Å². The number of nitrogens with zero attached hydrogens (tertiary/aromatic N) is 4. The molecule has 0 saturated heterocycles. The fraction of sp³-hybridized carbons (Fsp3) is 0.250. The number of hydrogen-bond donors (Lipinski definition) is 2. The lowest BCUT2D eigenvalue weighted by Gasteiger charge is -2.08. The van der Waals surface area contributed by atoms with E-state index < -0.39 is 0 Å². The smallest absolute Gasteiger partial charge is 0.219 e. The largest absolute Gasteiger partial charge is 0.493 e. The summed E-state index contributed by atoms with van der Waals surface area (Å²) in [5, 5.41) is 16.2. The molecule has 1 aromatic heterocycles. The molecule has 3 N–H and O–H groups in total. The van der Waals surface area contributed by atoms with Crippen LogP contribution in [0.5, 0.6) is 5.75 Å². The monoisotopic (exact) mass is 293 g/mol. The Hall–Kier alpha value is -2.28. The molecule has 20 heavy (non-hydrogen) atoms. The molecule has 8 heteroatoms. The Morgan fingerprint density at radius 2 is 2.40 bits per heavy atom. The molecule has 0 unspecified atom stereocenters. The van der Waals surface area contributed by atoms with Crippen molar-refractivity contribution >= 4 is 17.4 Å². The van der Waals surface area contributed by atoms with Crippen molar-refractivity contribution in [2.45, 2.75) is 13.0 Å². The number of halogens is 1. The highest BCUT2D eigenvalue weighted by Gasteiger charge is 2.18. The van der Waals surface area contributed by atoms with Crippen molar-refractivity contribution in [3.63, 3.8) is 0 Å². The van der Waals surface area contributed by atoms with Gasteiger partial charge in [0, 0.05) is 17.0 Å². The van der Waals surface area contributed by atoms with E-state index in [0.717, 1.165) is 23.3 Å². The molecule has 1 aromatic carbocycles. The second kappa shape index (κ2) is 5.01. The molecule has 7 nitrogen and oxygen atoms in total. The summed E-state index contributed by atoms with van der Waals surface area (Å²) in [5.41, 5.74) is 7.46. The van der Waals surface area contributed by atoms with Crippen molar-refractivity contribution in [3.05, 3.63) is 40.4 Å². The zero-order valence-electron chi connectivity index (χ0n) is 10.5. The van der Waals surface area contributed by atoms with E-state index in [4.69, 9.17) is 27.3 Å². The third kappa shape index (κ3) is 2.27. The van der Waals surface area contributed by atoms with E-state index in [1.165, 1.54) is 6.33 Å². The molecule has 0 spiro atoms. The molecule has 1 aliphatic heterocycles. The second-order valence-corrected chi connectivity index (χ2v) is 4.84. The maximum Gasteiger partial charge on any atom is 0.219 e. The minimum atomic E-state index is -0.128. The third-order valence-electron chi connectivity index (χ3n) is 3.03. The number of nitrogens with two attached hydrogens (primary N) is 1. The van der Waals surface area contributed by atoms with Crippen molar-refractivity contribution in [3.8, 4) is 5.75 Å². The molecule has 0 atom stereocenters. The Bertz CT molecular complexity index is 682. The second-order valence-electron chi connectivity index (χ2n) is 4.40. The van der Waals surface area contributed by atoms with E-state index >= 15 is 0 Å². The maximum absolute atomic E-state index is 8.59. The molecule has 0 radical (unpaired) electrons. The first kappa shape index (κ1) is 12.7. The summed E-state index contributed by atoms with van der Waals surface area (Å²) >= 11 is 6.10. The summed E-state index contributed by atoms with van der Waals surface area (Å²) in [6.45, 7) is 1.12. The predicted octanol–water partition coefficient (Wildman–Crippen LogP) is 1.01. The van der Waals surface area contributed by atoms with E-state index in [1.54, 1.807) is 4.68 Å². The van der Waals surface area contributed by atoms with Crippen LogP contribution in [0.15, 0.2) is 23.6 Å². The van der Waals surface area contributed by atoms with Crippen LogP contribution in [0, 0.1) is 0 Å². The van der Waals surface area contributed by atoms with Crippen molar-refractivity contribution < 1.29 is 9.94 Å². The normalized spacial score (nSPS) is 14.2. The summed E-state index contributed by atoms with van der Waals surface area (Å²) in [7, 11) is 0. The highest BCUT2D eigenvalue weighted by atomic mass is 35.5. The zero-order valence-corrected chi connectivity index (χ0v) is 11.2. The van der Waals surface area contributed by atoms with Crippen LogP contribution in [0.3, 0.4) is 0 Å². The number of benzene rings is 1. The molecule has 3 rings (SSSR count). The first-order valence-corrected chi connectivity index (χ1v) is 6.36. The van der Waals surface area contributed by atoms with E-state index in [1.807, 2.05) is 12.1 Å². The van der Waals surface area contributed by atoms with Crippen molar-refractivity contribution in [2.24, 2.45) is 10.9 Å². The summed E-state index contributed by atoms with van der Waals surface area (Å²) in [5.74, 6) is 0.902. The fourth-order valence-corrected chi connectivity index (χ4v) is 2.43. The first-order chi connectivity index (χ1) is 9.67. The summed E-state index contributed by atoms with van der Waals surface area (Å²) in [6, 6.07) is 3.76. The Balaban J connectivity index is 1.90. The van der Waals surface area contributed by atoms with Crippen molar-refractivity contribution in [1.82, 2.24) is 14.8 Å². The zero-order chi connectivity index (χ0) is 14.1. The summed E-state index contributed by atoms with van der Waals surface area (Å²) in [6.07, 6.45) is 2.37. The number of aromatic nitrogens is 3.